The Morgan fingerprint density at radius 2 is 2.29 bits per heavy atom. The van der Waals surface area contributed by atoms with Crippen molar-refractivity contribution in [2.45, 2.75) is 13.1 Å². The minimum atomic E-state index is -0.972. The second-order valence-corrected chi connectivity index (χ2v) is 3.03. The van der Waals surface area contributed by atoms with E-state index in [-0.39, 0.29) is 0 Å². The molecule has 78 valence electrons. The molecule has 1 unspecified atom stereocenters. The van der Waals surface area contributed by atoms with E-state index in [1.54, 1.807) is 19.2 Å². The summed E-state index contributed by atoms with van der Waals surface area (Å²) in [5, 5.41) is 2.80. The summed E-state index contributed by atoms with van der Waals surface area (Å²) < 4.78 is 18.7. The number of likely N-dealkylation sites (N-methyl/N-ethyl adjacent to an activating group) is 1. The van der Waals surface area contributed by atoms with Gasteiger partial charge in [-0.15, -0.1) is 0 Å². The van der Waals surface area contributed by atoms with Gasteiger partial charge in [0.15, 0.2) is 0 Å². The molecule has 0 aliphatic rings. The summed E-state index contributed by atoms with van der Waals surface area (Å²) in [6.07, 6.45) is -0.972. The van der Waals surface area contributed by atoms with Crippen LogP contribution in [0.1, 0.15) is 18.7 Å². The first-order chi connectivity index (χ1) is 6.77. The third-order valence-corrected chi connectivity index (χ3v) is 1.91. The van der Waals surface area contributed by atoms with E-state index in [1.807, 2.05) is 19.1 Å². The van der Waals surface area contributed by atoms with Crippen molar-refractivity contribution in [2.75, 3.05) is 20.2 Å². The molecule has 0 aliphatic heterocycles. The standard InChI is InChI=1S/C11H16FNO/c1-3-14-10-6-4-5-9(7-10)11(12)8-13-2/h4-7,11,13H,3,8H2,1-2H3. The van der Waals surface area contributed by atoms with Gasteiger partial charge in [-0.3, -0.25) is 0 Å². The summed E-state index contributed by atoms with van der Waals surface area (Å²) in [4.78, 5) is 0. The molecule has 1 aromatic carbocycles. The fraction of sp³-hybridized carbons (Fsp3) is 0.455. The number of halogens is 1. The highest BCUT2D eigenvalue weighted by Crippen LogP contribution is 2.21. The zero-order valence-corrected chi connectivity index (χ0v) is 8.59. The minimum Gasteiger partial charge on any atom is -0.494 e. The third kappa shape index (κ3) is 3.00. The summed E-state index contributed by atoms with van der Waals surface area (Å²) in [5.74, 6) is 0.726. The number of hydrogen-bond donors (Lipinski definition) is 1. The molecule has 14 heavy (non-hydrogen) atoms. The molecule has 1 rings (SSSR count). The van der Waals surface area contributed by atoms with Crippen LogP contribution in [0, 0.1) is 0 Å². The molecule has 0 saturated carbocycles. The largest absolute Gasteiger partial charge is 0.494 e. The molecule has 0 radical (unpaired) electrons. The van der Waals surface area contributed by atoms with Gasteiger partial charge in [0.2, 0.25) is 0 Å². The zero-order valence-electron chi connectivity index (χ0n) is 8.59. The monoisotopic (exact) mass is 197 g/mol. The van der Waals surface area contributed by atoms with Gasteiger partial charge in [0.1, 0.15) is 11.9 Å². The van der Waals surface area contributed by atoms with E-state index in [0.717, 1.165) is 5.75 Å². The van der Waals surface area contributed by atoms with E-state index in [9.17, 15) is 4.39 Å². The van der Waals surface area contributed by atoms with E-state index in [0.29, 0.717) is 18.7 Å². The van der Waals surface area contributed by atoms with Crippen molar-refractivity contribution in [1.29, 1.82) is 0 Å². The fourth-order valence-electron chi connectivity index (χ4n) is 1.26. The van der Waals surface area contributed by atoms with Gasteiger partial charge in [-0.1, -0.05) is 12.1 Å². The Hall–Kier alpha value is -1.09. The lowest BCUT2D eigenvalue weighted by Gasteiger charge is -2.09. The first-order valence-corrected chi connectivity index (χ1v) is 4.79. The normalized spacial score (nSPS) is 12.5. The maximum Gasteiger partial charge on any atom is 0.138 e. The van der Waals surface area contributed by atoms with Crippen molar-refractivity contribution < 1.29 is 9.13 Å². The van der Waals surface area contributed by atoms with Crippen LogP contribution in [0.5, 0.6) is 5.75 Å². The average molecular weight is 197 g/mol. The number of nitrogens with one attached hydrogen (secondary N) is 1. The molecule has 2 nitrogen and oxygen atoms in total. The van der Waals surface area contributed by atoms with Crippen LogP contribution < -0.4 is 10.1 Å². The highest BCUT2D eigenvalue weighted by molar-refractivity contribution is 5.30. The lowest BCUT2D eigenvalue weighted by Crippen LogP contribution is -2.13. The molecule has 0 aromatic heterocycles. The van der Waals surface area contributed by atoms with Crippen molar-refractivity contribution in [3.05, 3.63) is 29.8 Å². The van der Waals surface area contributed by atoms with Crippen molar-refractivity contribution in [2.24, 2.45) is 0 Å². The molecule has 0 spiro atoms. The fourth-order valence-corrected chi connectivity index (χ4v) is 1.26. The van der Waals surface area contributed by atoms with Crippen molar-refractivity contribution in [1.82, 2.24) is 5.32 Å². The summed E-state index contributed by atoms with van der Waals surface area (Å²) in [7, 11) is 1.74. The molecule has 1 atom stereocenters. The lowest BCUT2D eigenvalue weighted by molar-refractivity contribution is 0.324. The number of ether oxygens (including phenoxy) is 1. The van der Waals surface area contributed by atoms with Gasteiger partial charge in [-0.05, 0) is 31.7 Å². The molecule has 0 fully saturated rings. The topological polar surface area (TPSA) is 21.3 Å². The van der Waals surface area contributed by atoms with Crippen molar-refractivity contribution in [3.8, 4) is 5.75 Å². The van der Waals surface area contributed by atoms with Gasteiger partial charge < -0.3 is 10.1 Å². The Bertz CT molecular complexity index is 278. The first-order valence-electron chi connectivity index (χ1n) is 4.79. The highest BCUT2D eigenvalue weighted by atomic mass is 19.1. The molecule has 0 aliphatic carbocycles. The van der Waals surface area contributed by atoms with Crippen LogP contribution in [0.2, 0.25) is 0 Å². The van der Waals surface area contributed by atoms with E-state index < -0.39 is 6.17 Å². The number of rotatable bonds is 5. The molecule has 1 aromatic rings. The maximum atomic E-state index is 13.4. The quantitative estimate of drug-likeness (QED) is 0.782. The molecule has 0 bridgehead atoms. The smallest absolute Gasteiger partial charge is 0.138 e. The van der Waals surface area contributed by atoms with E-state index in [4.69, 9.17) is 4.74 Å². The molecule has 0 saturated heterocycles. The van der Waals surface area contributed by atoms with Crippen LogP contribution in [-0.2, 0) is 0 Å². The Morgan fingerprint density at radius 1 is 1.50 bits per heavy atom. The SMILES string of the molecule is CCOc1cccc(C(F)CNC)c1. The van der Waals surface area contributed by atoms with Crippen molar-refractivity contribution in [3.63, 3.8) is 0 Å². The Morgan fingerprint density at radius 3 is 2.93 bits per heavy atom. The van der Waals surface area contributed by atoms with Gasteiger partial charge in [0.05, 0.1) is 6.61 Å². The molecule has 1 N–H and O–H groups in total. The summed E-state index contributed by atoms with van der Waals surface area (Å²) in [6.45, 7) is 2.84. The molecule has 0 amide bonds. The van der Waals surface area contributed by atoms with E-state index in [1.165, 1.54) is 0 Å². The van der Waals surface area contributed by atoms with Crippen LogP contribution in [0.3, 0.4) is 0 Å². The Labute approximate surface area is 84.1 Å². The number of benzene rings is 1. The van der Waals surface area contributed by atoms with Gasteiger partial charge in [-0.25, -0.2) is 4.39 Å². The van der Waals surface area contributed by atoms with Crippen LogP contribution in [0.15, 0.2) is 24.3 Å². The van der Waals surface area contributed by atoms with Crippen LogP contribution in [-0.4, -0.2) is 20.2 Å². The summed E-state index contributed by atoms with van der Waals surface area (Å²) in [6, 6.07) is 7.15. The predicted octanol–water partition coefficient (Wildman–Crippen LogP) is 2.32. The van der Waals surface area contributed by atoms with Gasteiger partial charge in [-0.2, -0.15) is 0 Å². The second kappa shape index (κ2) is 5.60. The molecule has 3 heteroatoms. The highest BCUT2D eigenvalue weighted by Gasteiger charge is 2.08. The summed E-state index contributed by atoms with van der Waals surface area (Å²) >= 11 is 0. The summed E-state index contributed by atoms with van der Waals surface area (Å²) in [5.41, 5.74) is 0.658. The van der Waals surface area contributed by atoms with Gasteiger partial charge in [0.25, 0.3) is 0 Å². The molecular formula is C11H16FNO. The Kier molecular flexibility index (Phi) is 4.40. The third-order valence-electron chi connectivity index (χ3n) is 1.91. The number of hydrogen-bond acceptors (Lipinski definition) is 2. The minimum absolute atomic E-state index is 0.329. The molecule has 0 heterocycles. The van der Waals surface area contributed by atoms with Crippen LogP contribution >= 0.6 is 0 Å². The van der Waals surface area contributed by atoms with Crippen LogP contribution in [0.4, 0.5) is 4.39 Å². The van der Waals surface area contributed by atoms with Gasteiger partial charge >= 0.3 is 0 Å². The van der Waals surface area contributed by atoms with Gasteiger partial charge in [0, 0.05) is 6.54 Å². The maximum absolute atomic E-state index is 13.4. The first kappa shape index (κ1) is 11.0. The molecular weight excluding hydrogens is 181 g/mol. The zero-order chi connectivity index (χ0) is 10.4. The van der Waals surface area contributed by atoms with Crippen molar-refractivity contribution >= 4 is 0 Å². The Balaban J connectivity index is 2.71. The predicted molar refractivity (Wildman–Crippen MR) is 55.4 cm³/mol. The van der Waals surface area contributed by atoms with Crippen LogP contribution in [0.25, 0.3) is 0 Å². The van der Waals surface area contributed by atoms with E-state index in [2.05, 4.69) is 5.32 Å². The lowest BCUT2D eigenvalue weighted by atomic mass is 10.1. The number of alkyl halides is 1. The second-order valence-electron chi connectivity index (χ2n) is 3.03. The average Bonchev–Trinajstić information content (AvgIpc) is 2.19. The van der Waals surface area contributed by atoms with E-state index >= 15 is 0 Å².